The number of allylic oxidation sites excluding steroid dienone is 5. The van der Waals surface area contributed by atoms with Crippen molar-refractivity contribution in [1.82, 2.24) is 5.32 Å². The summed E-state index contributed by atoms with van der Waals surface area (Å²) in [5.74, 6) is 2.15. The van der Waals surface area contributed by atoms with Gasteiger partial charge in [-0.1, -0.05) is 78.2 Å². The average molecular weight is 692 g/mol. The van der Waals surface area contributed by atoms with Crippen LogP contribution in [0.3, 0.4) is 0 Å². The molecule has 5 heteroatoms. The molecule has 0 bridgehead atoms. The highest BCUT2D eigenvalue weighted by Gasteiger charge is 2.70. The Labute approximate surface area is 303 Å². The van der Waals surface area contributed by atoms with Crippen LogP contribution in [-0.4, -0.2) is 40.5 Å². The fourth-order valence-corrected chi connectivity index (χ4v) is 15.1. The highest BCUT2D eigenvalue weighted by Crippen LogP contribution is 2.76. The Morgan fingerprint density at radius 2 is 1.62 bits per heavy atom. The van der Waals surface area contributed by atoms with E-state index in [1.54, 1.807) is 0 Å². The topological polar surface area (TPSA) is 69.6 Å². The summed E-state index contributed by atoms with van der Waals surface area (Å²) < 4.78 is 14.0. The van der Waals surface area contributed by atoms with E-state index in [1.807, 2.05) is 0 Å². The molecule has 7 aliphatic carbocycles. The molecular weight excluding hydrogens is 621 g/mol. The van der Waals surface area contributed by atoms with Crippen molar-refractivity contribution in [3.8, 4) is 0 Å². The molecule has 0 radical (unpaired) electrons. The van der Waals surface area contributed by atoms with Gasteiger partial charge < -0.3 is 15.5 Å². The Bertz CT molecular complexity index is 1420. The summed E-state index contributed by atoms with van der Waals surface area (Å²) in [6.45, 7) is 20.1. The van der Waals surface area contributed by atoms with E-state index in [1.165, 1.54) is 87.3 Å². The van der Waals surface area contributed by atoms with Crippen molar-refractivity contribution in [2.45, 2.75) is 168 Å². The smallest absolute Gasteiger partial charge is 0.312 e. The first-order chi connectivity index (χ1) is 23.5. The van der Waals surface area contributed by atoms with Crippen molar-refractivity contribution < 1.29 is 19.4 Å². The van der Waals surface area contributed by atoms with Crippen LogP contribution in [-0.2, 0) is 4.79 Å². The number of alkyl halides is 1. The van der Waals surface area contributed by atoms with Gasteiger partial charge in [-0.15, -0.1) is 0 Å². The zero-order chi connectivity index (χ0) is 36.0. The van der Waals surface area contributed by atoms with Gasteiger partial charge in [0.1, 0.15) is 6.67 Å². The zero-order valence-electron chi connectivity index (χ0n) is 32.6. The van der Waals surface area contributed by atoms with E-state index in [4.69, 9.17) is 0 Å². The summed E-state index contributed by atoms with van der Waals surface area (Å²) >= 11 is 0. The molecular formula is C45H70FNO3. The number of fused-ring (bicyclic) bond motifs is 7. The van der Waals surface area contributed by atoms with Crippen LogP contribution in [0.5, 0.6) is 0 Å². The van der Waals surface area contributed by atoms with Crippen LogP contribution in [0.25, 0.3) is 0 Å². The van der Waals surface area contributed by atoms with Crippen LogP contribution in [0.1, 0.15) is 157 Å². The molecule has 50 heavy (non-hydrogen) atoms. The number of carboxylic acids is 1. The number of hydrogen-bond donors (Lipinski definition) is 3. The number of halogens is 1. The molecule has 3 N–H and O–H groups in total. The maximum Gasteiger partial charge on any atom is 0.312 e. The van der Waals surface area contributed by atoms with Gasteiger partial charge in [-0.2, -0.15) is 0 Å². The third-order valence-electron chi connectivity index (χ3n) is 18.2. The molecule has 7 rings (SSSR count). The molecule has 4 nitrogen and oxygen atoms in total. The lowest BCUT2D eigenvalue weighted by Gasteiger charge is -2.72. The molecule has 0 aromatic heterocycles. The molecule has 280 valence electrons. The summed E-state index contributed by atoms with van der Waals surface area (Å²) in [4.78, 5) is 12.0. The molecule has 0 saturated heterocycles. The van der Waals surface area contributed by atoms with Crippen molar-refractivity contribution in [2.24, 2.45) is 56.7 Å². The minimum Gasteiger partial charge on any atom is -0.481 e. The predicted molar refractivity (Wildman–Crippen MR) is 201 cm³/mol. The quantitative estimate of drug-likeness (QED) is 0.222. The normalized spacial score (nSPS) is 46.4. The molecule has 5 saturated carbocycles. The number of nitrogens with one attached hydrogen (secondary N) is 1. The largest absolute Gasteiger partial charge is 0.481 e. The Hall–Kier alpha value is -1.46. The molecule has 0 aromatic rings. The van der Waals surface area contributed by atoms with Crippen LogP contribution in [0.2, 0.25) is 0 Å². The van der Waals surface area contributed by atoms with E-state index >= 15 is 0 Å². The van der Waals surface area contributed by atoms with Gasteiger partial charge in [0.25, 0.3) is 0 Å². The number of carbonyl (C=O) groups is 1. The van der Waals surface area contributed by atoms with Gasteiger partial charge in [0.15, 0.2) is 0 Å². The predicted octanol–water partition coefficient (Wildman–Crippen LogP) is 10.8. The van der Waals surface area contributed by atoms with Crippen molar-refractivity contribution in [2.75, 3.05) is 13.2 Å². The van der Waals surface area contributed by atoms with Crippen LogP contribution in [0.4, 0.5) is 4.39 Å². The Morgan fingerprint density at radius 1 is 0.880 bits per heavy atom. The molecule has 0 heterocycles. The number of aliphatic carboxylic acids is 1. The lowest BCUT2D eigenvalue weighted by molar-refractivity contribution is -0.221. The van der Waals surface area contributed by atoms with Gasteiger partial charge >= 0.3 is 5.97 Å². The molecule has 7 aliphatic rings. The van der Waals surface area contributed by atoms with E-state index in [2.05, 4.69) is 65.6 Å². The molecule has 0 aliphatic heterocycles. The number of aliphatic hydroxyl groups is 1. The Kier molecular flexibility index (Phi) is 9.27. The van der Waals surface area contributed by atoms with Crippen molar-refractivity contribution in [3.63, 3.8) is 0 Å². The van der Waals surface area contributed by atoms with Crippen LogP contribution >= 0.6 is 0 Å². The van der Waals surface area contributed by atoms with Crippen LogP contribution in [0.15, 0.2) is 35.5 Å². The average Bonchev–Trinajstić information content (AvgIpc) is 3.45. The molecule has 0 aromatic carbocycles. The number of carboxylic acid groups (broad SMARTS) is 1. The summed E-state index contributed by atoms with van der Waals surface area (Å²) in [6, 6.07) is 0. The second-order valence-electron chi connectivity index (χ2n) is 20.5. The first kappa shape index (κ1) is 36.9. The van der Waals surface area contributed by atoms with E-state index in [0.717, 1.165) is 32.2 Å². The Morgan fingerprint density at radius 3 is 2.26 bits per heavy atom. The number of rotatable bonds is 8. The van der Waals surface area contributed by atoms with Gasteiger partial charge in [-0.3, -0.25) is 4.79 Å². The summed E-state index contributed by atoms with van der Waals surface area (Å²) in [6.07, 6.45) is 23.7. The fourth-order valence-electron chi connectivity index (χ4n) is 15.1. The standard InChI is InChI=1S/C45H70FNO3/c1-30(2)32-15-24-45(47-28-27-44(50)18-9-8-10-19-44)26-25-41(6)34(37(32)45)11-12-36-40(5)20-16-33(39(3,4)35(40)17-21-42(36,41)7)31-13-22-43(29-46,23-14-31)38(48)49/h13,16,32,34-37,47,50H,1,8-12,14-15,17-29H2,2-7H3,(H,48,49)/t32-,34+,35-,36+,37+,40-,41+,42+,43-,45-/m0/s1. The fraction of sp³-hybridized carbons (Fsp3) is 0.844. The van der Waals surface area contributed by atoms with Gasteiger partial charge in [-0.25, -0.2) is 4.39 Å². The summed E-state index contributed by atoms with van der Waals surface area (Å²) in [7, 11) is 0. The van der Waals surface area contributed by atoms with Crippen LogP contribution in [0, 0.1) is 56.7 Å². The second-order valence-corrected chi connectivity index (χ2v) is 20.5. The lowest BCUT2D eigenvalue weighted by atomic mass is 9.33. The van der Waals surface area contributed by atoms with E-state index in [-0.39, 0.29) is 27.2 Å². The van der Waals surface area contributed by atoms with E-state index in [9.17, 15) is 19.4 Å². The molecule has 5 fully saturated rings. The summed E-state index contributed by atoms with van der Waals surface area (Å²) in [5, 5.41) is 25.4. The van der Waals surface area contributed by atoms with Gasteiger partial charge in [0.05, 0.1) is 11.0 Å². The van der Waals surface area contributed by atoms with Gasteiger partial charge in [-0.05, 0) is 172 Å². The van der Waals surface area contributed by atoms with Crippen LogP contribution < -0.4 is 5.32 Å². The summed E-state index contributed by atoms with van der Waals surface area (Å²) in [5.41, 5.74) is 3.32. The SMILES string of the molecule is C=C(C)[C@@H]1CC[C@]2(NCCC3(O)CCCCC3)CC[C@]3(C)[C@H](CC[C@@H]4[C@@]5(C)CC=C(C6=CC[C@](CF)(C(=O)O)CC6)C(C)(C)[C@@H]5CC[C@]43C)[C@@H]12. The van der Waals surface area contributed by atoms with E-state index in [0.29, 0.717) is 48.9 Å². The maximum atomic E-state index is 14.0. The first-order valence-corrected chi connectivity index (χ1v) is 20.8. The third kappa shape index (κ3) is 5.33. The molecule has 0 unspecified atom stereocenters. The monoisotopic (exact) mass is 692 g/mol. The second kappa shape index (κ2) is 12.6. The lowest BCUT2D eigenvalue weighted by Crippen LogP contribution is -2.68. The highest BCUT2D eigenvalue weighted by atomic mass is 19.1. The minimum atomic E-state index is -1.25. The van der Waals surface area contributed by atoms with Crippen molar-refractivity contribution in [3.05, 3.63) is 35.5 Å². The van der Waals surface area contributed by atoms with Gasteiger partial charge in [0.2, 0.25) is 0 Å². The Balaban J connectivity index is 1.15. The minimum absolute atomic E-state index is 0.00138. The maximum absolute atomic E-state index is 14.0. The number of hydrogen-bond acceptors (Lipinski definition) is 3. The van der Waals surface area contributed by atoms with Crippen molar-refractivity contribution >= 4 is 5.97 Å². The molecule has 0 amide bonds. The van der Waals surface area contributed by atoms with Crippen molar-refractivity contribution in [1.29, 1.82) is 0 Å². The van der Waals surface area contributed by atoms with Gasteiger partial charge in [0, 0.05) is 5.54 Å². The highest BCUT2D eigenvalue weighted by molar-refractivity contribution is 5.75. The first-order valence-electron chi connectivity index (χ1n) is 20.8. The van der Waals surface area contributed by atoms with E-state index < -0.39 is 23.7 Å². The molecule has 0 spiro atoms. The molecule has 10 atom stereocenters. The zero-order valence-corrected chi connectivity index (χ0v) is 32.6. The third-order valence-corrected chi connectivity index (χ3v) is 18.2.